The molecule has 2 amide bonds. The van der Waals surface area contributed by atoms with Gasteiger partial charge in [0.1, 0.15) is 16.8 Å². The second kappa shape index (κ2) is 10.2. The van der Waals surface area contributed by atoms with Crippen molar-refractivity contribution in [3.8, 4) is 0 Å². The molecule has 8 nitrogen and oxygen atoms in total. The van der Waals surface area contributed by atoms with Crippen molar-refractivity contribution in [1.29, 1.82) is 0 Å². The van der Waals surface area contributed by atoms with Crippen LogP contribution in [0.25, 0.3) is 5.65 Å². The van der Waals surface area contributed by atoms with E-state index in [4.69, 9.17) is 0 Å². The summed E-state index contributed by atoms with van der Waals surface area (Å²) < 4.78 is 3.63. The average Bonchev–Trinajstić information content (AvgIpc) is 3.25. The molecule has 8 heteroatoms. The van der Waals surface area contributed by atoms with E-state index < -0.39 is 17.2 Å². The molecular weight excluding hydrogens is 430 g/mol. The summed E-state index contributed by atoms with van der Waals surface area (Å²) in [7, 11) is 1.46. The molecule has 174 valence electrons. The van der Waals surface area contributed by atoms with Crippen LogP contribution in [0, 0.1) is 6.92 Å². The average molecular weight is 458 g/mol. The largest absolute Gasteiger partial charge is 0.355 e. The maximum absolute atomic E-state index is 12.9. The molecule has 4 rings (SSSR count). The van der Waals surface area contributed by atoms with E-state index >= 15 is 0 Å². The number of carbonyl (C=O) groups is 2. The van der Waals surface area contributed by atoms with E-state index in [0.717, 1.165) is 24.1 Å². The lowest BCUT2D eigenvalue weighted by molar-refractivity contribution is 0.0948. The number of imidazole rings is 1. The highest BCUT2D eigenvalue weighted by atomic mass is 16.2. The van der Waals surface area contributed by atoms with Gasteiger partial charge in [-0.1, -0.05) is 36.4 Å². The fraction of sp³-hybridized carbons (Fsp3) is 0.231. The molecular formula is C26H27N5O3. The zero-order valence-corrected chi connectivity index (χ0v) is 19.2. The Morgan fingerprint density at radius 3 is 2.41 bits per heavy atom. The van der Waals surface area contributed by atoms with Crippen molar-refractivity contribution in [2.24, 2.45) is 0 Å². The molecule has 1 aromatic carbocycles. The van der Waals surface area contributed by atoms with Crippen LogP contribution in [0.15, 0.2) is 72.0 Å². The summed E-state index contributed by atoms with van der Waals surface area (Å²) in [6.45, 7) is 2.72. The minimum Gasteiger partial charge on any atom is -0.355 e. The fourth-order valence-electron chi connectivity index (χ4n) is 3.84. The van der Waals surface area contributed by atoms with Crippen molar-refractivity contribution >= 4 is 17.5 Å². The van der Waals surface area contributed by atoms with Crippen LogP contribution in [-0.2, 0) is 19.5 Å². The van der Waals surface area contributed by atoms with Gasteiger partial charge >= 0.3 is 0 Å². The Labute approximate surface area is 197 Å². The number of aromatic nitrogens is 3. The van der Waals surface area contributed by atoms with E-state index in [1.165, 1.54) is 25.0 Å². The van der Waals surface area contributed by atoms with Crippen molar-refractivity contribution < 1.29 is 9.59 Å². The van der Waals surface area contributed by atoms with Gasteiger partial charge in [0.2, 0.25) is 5.43 Å². The third-order valence-electron chi connectivity index (χ3n) is 5.60. The number of aryl methyl sites for hydroxylation is 3. The SMILES string of the molecule is CNC(=O)c1cn(CCCc2ccccc2)cc(C(=O)NCc2cn3cc(C)ccc3n2)c1=O. The highest BCUT2D eigenvalue weighted by molar-refractivity contribution is 5.99. The summed E-state index contributed by atoms with van der Waals surface area (Å²) in [5, 5.41) is 5.24. The third kappa shape index (κ3) is 5.23. The third-order valence-corrected chi connectivity index (χ3v) is 5.60. The first-order valence-corrected chi connectivity index (χ1v) is 11.2. The Kier molecular flexibility index (Phi) is 6.87. The molecule has 3 heterocycles. The van der Waals surface area contributed by atoms with Crippen molar-refractivity contribution in [2.75, 3.05) is 7.05 Å². The minimum absolute atomic E-state index is 0.0573. The van der Waals surface area contributed by atoms with Gasteiger partial charge in [0.15, 0.2) is 0 Å². The Hall–Kier alpha value is -4.20. The molecule has 34 heavy (non-hydrogen) atoms. The van der Waals surface area contributed by atoms with Gasteiger partial charge in [-0.2, -0.15) is 0 Å². The van der Waals surface area contributed by atoms with Gasteiger partial charge < -0.3 is 19.6 Å². The number of benzene rings is 1. The van der Waals surface area contributed by atoms with Crippen molar-refractivity contribution in [3.63, 3.8) is 0 Å². The summed E-state index contributed by atoms with van der Waals surface area (Å²) in [4.78, 5) is 42.6. The molecule has 0 atom stereocenters. The highest BCUT2D eigenvalue weighted by Crippen LogP contribution is 2.09. The van der Waals surface area contributed by atoms with Crippen LogP contribution in [0.1, 0.15) is 44.0 Å². The van der Waals surface area contributed by atoms with Gasteiger partial charge in [-0.25, -0.2) is 4.98 Å². The Balaban J connectivity index is 1.52. The number of nitrogens with zero attached hydrogens (tertiary/aromatic N) is 3. The summed E-state index contributed by atoms with van der Waals surface area (Å²) >= 11 is 0. The molecule has 0 fully saturated rings. The quantitative estimate of drug-likeness (QED) is 0.425. The number of pyridine rings is 2. The van der Waals surface area contributed by atoms with Crippen molar-refractivity contribution in [1.82, 2.24) is 24.6 Å². The maximum atomic E-state index is 12.9. The van der Waals surface area contributed by atoms with Crippen LogP contribution < -0.4 is 16.1 Å². The molecule has 0 aliphatic rings. The number of rotatable bonds is 8. The lowest BCUT2D eigenvalue weighted by atomic mass is 10.1. The van der Waals surface area contributed by atoms with Crippen LogP contribution in [0.5, 0.6) is 0 Å². The molecule has 0 radical (unpaired) electrons. The first kappa shape index (κ1) is 23.0. The van der Waals surface area contributed by atoms with Gasteiger partial charge in [0, 0.05) is 38.4 Å². The summed E-state index contributed by atoms with van der Waals surface area (Å²) in [5.41, 5.74) is 3.03. The molecule has 4 aromatic rings. The van der Waals surface area contributed by atoms with E-state index in [1.807, 2.05) is 54.0 Å². The van der Waals surface area contributed by atoms with Crippen molar-refractivity contribution in [2.45, 2.75) is 32.9 Å². The second-order valence-corrected chi connectivity index (χ2v) is 8.21. The topological polar surface area (TPSA) is 97.5 Å². The van der Waals surface area contributed by atoms with Gasteiger partial charge in [-0.05, 0) is 37.0 Å². The Morgan fingerprint density at radius 1 is 0.941 bits per heavy atom. The standard InChI is InChI=1S/C26H27N5O3/c1-18-10-11-23-29-20(15-31(23)14-18)13-28-26(34)22-17-30(16-21(24(22)32)25(33)27-2)12-6-9-19-7-4-3-5-8-19/h3-5,7-8,10-11,14-17H,6,9,12-13H2,1-2H3,(H,27,33)(H,28,34). The van der Waals surface area contributed by atoms with E-state index in [9.17, 15) is 14.4 Å². The Morgan fingerprint density at radius 2 is 1.68 bits per heavy atom. The number of carbonyl (C=O) groups excluding carboxylic acids is 2. The van der Waals surface area contributed by atoms with E-state index in [2.05, 4.69) is 27.8 Å². The minimum atomic E-state index is -0.596. The molecule has 0 aliphatic heterocycles. The number of hydrogen-bond acceptors (Lipinski definition) is 4. The van der Waals surface area contributed by atoms with E-state index in [-0.39, 0.29) is 17.7 Å². The van der Waals surface area contributed by atoms with Crippen LogP contribution in [0.3, 0.4) is 0 Å². The molecule has 0 bridgehead atoms. The van der Waals surface area contributed by atoms with Crippen LogP contribution in [0.2, 0.25) is 0 Å². The maximum Gasteiger partial charge on any atom is 0.257 e. The fourth-order valence-corrected chi connectivity index (χ4v) is 3.84. The van der Waals surface area contributed by atoms with E-state index in [1.54, 1.807) is 4.57 Å². The second-order valence-electron chi connectivity index (χ2n) is 8.21. The smallest absolute Gasteiger partial charge is 0.257 e. The molecule has 0 saturated carbocycles. The number of hydrogen-bond donors (Lipinski definition) is 2. The predicted octanol–water partition coefficient (Wildman–Crippen LogP) is 2.73. The van der Waals surface area contributed by atoms with Crippen LogP contribution in [-0.4, -0.2) is 32.8 Å². The summed E-state index contributed by atoms with van der Waals surface area (Å²) in [6, 6.07) is 13.9. The lowest BCUT2D eigenvalue weighted by Crippen LogP contribution is -2.34. The molecule has 0 spiro atoms. The summed E-state index contributed by atoms with van der Waals surface area (Å²) in [5.74, 6) is -1.06. The van der Waals surface area contributed by atoms with Crippen molar-refractivity contribution in [3.05, 3.63) is 105 Å². The predicted molar refractivity (Wildman–Crippen MR) is 130 cm³/mol. The molecule has 0 unspecified atom stereocenters. The first-order chi connectivity index (χ1) is 16.4. The van der Waals surface area contributed by atoms with Gasteiger partial charge in [0.25, 0.3) is 11.8 Å². The molecule has 3 aromatic heterocycles. The molecule has 0 saturated heterocycles. The van der Waals surface area contributed by atoms with E-state index in [0.29, 0.717) is 12.2 Å². The number of nitrogens with one attached hydrogen (secondary N) is 2. The van der Waals surface area contributed by atoms with Gasteiger partial charge in [-0.3, -0.25) is 14.4 Å². The first-order valence-electron chi connectivity index (χ1n) is 11.2. The number of amides is 2. The number of fused-ring (bicyclic) bond motifs is 1. The zero-order chi connectivity index (χ0) is 24.1. The monoisotopic (exact) mass is 457 g/mol. The van der Waals surface area contributed by atoms with Crippen LogP contribution >= 0.6 is 0 Å². The molecule has 2 N–H and O–H groups in total. The van der Waals surface area contributed by atoms with Gasteiger partial charge in [0.05, 0.1) is 12.2 Å². The molecule has 0 aliphatic carbocycles. The van der Waals surface area contributed by atoms with Crippen LogP contribution in [0.4, 0.5) is 0 Å². The lowest BCUT2D eigenvalue weighted by Gasteiger charge is -2.12. The highest BCUT2D eigenvalue weighted by Gasteiger charge is 2.19. The normalized spacial score (nSPS) is 10.9. The zero-order valence-electron chi connectivity index (χ0n) is 19.2. The van der Waals surface area contributed by atoms with Gasteiger partial charge in [-0.15, -0.1) is 0 Å². The Bertz CT molecular complexity index is 1390. The summed E-state index contributed by atoms with van der Waals surface area (Å²) in [6.07, 6.45) is 8.45.